The standard InChI is InChI=1S/C22H28N2O4/c1-26-19-13-16-5-6-18(17(16)14-20(19)27-2)23-21(25)15-22(7-11-28-12-8-22)24-9-3-4-10-24/h3-4,9-10,13-14,18H,5-8,11-12,15H2,1-2H3,(H,23,25). The van der Waals surface area contributed by atoms with Crippen molar-refractivity contribution in [3.63, 3.8) is 0 Å². The summed E-state index contributed by atoms with van der Waals surface area (Å²) in [5.74, 6) is 1.53. The van der Waals surface area contributed by atoms with Crippen LogP contribution in [0.25, 0.3) is 0 Å². The Kier molecular flexibility index (Phi) is 5.31. The second kappa shape index (κ2) is 7.87. The molecular weight excluding hydrogens is 356 g/mol. The van der Waals surface area contributed by atoms with E-state index in [4.69, 9.17) is 14.2 Å². The lowest BCUT2D eigenvalue weighted by Gasteiger charge is -2.38. The minimum absolute atomic E-state index is 0.0175. The number of amides is 1. The van der Waals surface area contributed by atoms with E-state index < -0.39 is 0 Å². The van der Waals surface area contributed by atoms with Crippen molar-refractivity contribution < 1.29 is 19.0 Å². The minimum Gasteiger partial charge on any atom is -0.493 e. The van der Waals surface area contributed by atoms with Crippen molar-refractivity contribution in [1.29, 1.82) is 0 Å². The summed E-state index contributed by atoms with van der Waals surface area (Å²) in [5, 5.41) is 3.27. The van der Waals surface area contributed by atoms with Crippen molar-refractivity contribution in [2.24, 2.45) is 0 Å². The zero-order chi connectivity index (χ0) is 19.6. The maximum Gasteiger partial charge on any atom is 0.222 e. The first-order valence-corrected chi connectivity index (χ1v) is 9.90. The maximum atomic E-state index is 13.0. The van der Waals surface area contributed by atoms with E-state index in [2.05, 4.69) is 22.3 Å². The summed E-state index contributed by atoms with van der Waals surface area (Å²) in [6, 6.07) is 8.08. The number of nitrogens with one attached hydrogen (secondary N) is 1. The van der Waals surface area contributed by atoms with Gasteiger partial charge in [0.2, 0.25) is 5.91 Å². The Morgan fingerprint density at radius 3 is 2.54 bits per heavy atom. The van der Waals surface area contributed by atoms with E-state index in [0.29, 0.717) is 25.4 Å². The van der Waals surface area contributed by atoms with Gasteiger partial charge in [-0.2, -0.15) is 0 Å². The van der Waals surface area contributed by atoms with Gasteiger partial charge in [0, 0.05) is 25.6 Å². The third-order valence-corrected chi connectivity index (χ3v) is 6.12. The zero-order valence-electron chi connectivity index (χ0n) is 16.6. The number of rotatable bonds is 6. The molecule has 1 saturated heterocycles. The lowest BCUT2D eigenvalue weighted by Crippen LogP contribution is -2.43. The molecule has 6 heteroatoms. The van der Waals surface area contributed by atoms with Crippen LogP contribution in [0.1, 0.15) is 42.9 Å². The van der Waals surface area contributed by atoms with Gasteiger partial charge >= 0.3 is 0 Å². The molecule has 1 aromatic heterocycles. The van der Waals surface area contributed by atoms with Crippen LogP contribution >= 0.6 is 0 Å². The average molecular weight is 384 g/mol. The fourth-order valence-corrected chi connectivity index (χ4v) is 4.56. The Hall–Kier alpha value is -2.47. The highest BCUT2D eigenvalue weighted by Crippen LogP contribution is 2.40. The molecule has 2 heterocycles. The molecule has 1 atom stereocenters. The van der Waals surface area contributed by atoms with Gasteiger partial charge in [0.15, 0.2) is 11.5 Å². The molecule has 0 spiro atoms. The summed E-state index contributed by atoms with van der Waals surface area (Å²) in [5.41, 5.74) is 2.15. The van der Waals surface area contributed by atoms with Crippen molar-refractivity contribution in [1.82, 2.24) is 9.88 Å². The van der Waals surface area contributed by atoms with Crippen molar-refractivity contribution >= 4 is 5.91 Å². The zero-order valence-corrected chi connectivity index (χ0v) is 16.6. The Morgan fingerprint density at radius 1 is 1.18 bits per heavy atom. The van der Waals surface area contributed by atoms with Gasteiger partial charge in [-0.25, -0.2) is 0 Å². The number of carbonyl (C=O) groups excluding carboxylic acids is 1. The van der Waals surface area contributed by atoms with Gasteiger partial charge in [-0.3, -0.25) is 4.79 Å². The number of benzene rings is 1. The van der Waals surface area contributed by atoms with Crippen LogP contribution in [-0.4, -0.2) is 37.9 Å². The first-order valence-electron chi connectivity index (χ1n) is 9.90. The molecule has 1 aliphatic heterocycles. The lowest BCUT2D eigenvalue weighted by atomic mass is 9.85. The first-order chi connectivity index (χ1) is 13.6. The fourth-order valence-electron chi connectivity index (χ4n) is 4.56. The van der Waals surface area contributed by atoms with Crippen LogP contribution in [0.3, 0.4) is 0 Å². The number of hydrogen-bond acceptors (Lipinski definition) is 4. The number of hydrogen-bond donors (Lipinski definition) is 1. The lowest BCUT2D eigenvalue weighted by molar-refractivity contribution is -0.125. The van der Waals surface area contributed by atoms with E-state index in [1.165, 1.54) is 5.56 Å². The largest absolute Gasteiger partial charge is 0.493 e. The molecule has 150 valence electrons. The van der Waals surface area contributed by atoms with Gasteiger partial charge in [-0.1, -0.05) is 0 Å². The number of aryl methyl sites for hydroxylation is 1. The van der Waals surface area contributed by atoms with E-state index in [-0.39, 0.29) is 17.5 Å². The van der Waals surface area contributed by atoms with E-state index in [1.807, 2.05) is 24.3 Å². The highest BCUT2D eigenvalue weighted by Gasteiger charge is 2.37. The number of methoxy groups -OCH3 is 2. The normalized spacial score (nSPS) is 20.4. The van der Waals surface area contributed by atoms with Crippen LogP contribution in [0.4, 0.5) is 0 Å². The predicted molar refractivity (Wildman–Crippen MR) is 106 cm³/mol. The highest BCUT2D eigenvalue weighted by atomic mass is 16.5. The maximum absolute atomic E-state index is 13.0. The van der Waals surface area contributed by atoms with Crippen molar-refractivity contribution in [2.45, 2.75) is 43.7 Å². The summed E-state index contributed by atoms with van der Waals surface area (Å²) < 4.78 is 18.6. The summed E-state index contributed by atoms with van der Waals surface area (Å²) >= 11 is 0. The molecule has 1 aliphatic carbocycles. The molecule has 4 rings (SSSR count). The summed E-state index contributed by atoms with van der Waals surface area (Å²) in [6.07, 6.45) is 8.10. The monoisotopic (exact) mass is 384 g/mol. The predicted octanol–water partition coefficient (Wildman–Crippen LogP) is 3.20. The third kappa shape index (κ3) is 3.49. The number of aromatic nitrogens is 1. The van der Waals surface area contributed by atoms with E-state index >= 15 is 0 Å². The van der Waals surface area contributed by atoms with Crippen LogP contribution in [0.2, 0.25) is 0 Å². The van der Waals surface area contributed by atoms with Crippen LogP contribution in [-0.2, 0) is 21.5 Å². The summed E-state index contributed by atoms with van der Waals surface area (Å²) in [4.78, 5) is 13.0. The second-order valence-electron chi connectivity index (χ2n) is 7.67. The minimum atomic E-state index is -0.204. The van der Waals surface area contributed by atoms with Gasteiger partial charge in [0.25, 0.3) is 0 Å². The van der Waals surface area contributed by atoms with Crippen LogP contribution in [0, 0.1) is 0 Å². The van der Waals surface area contributed by atoms with E-state index in [9.17, 15) is 4.79 Å². The number of carbonyl (C=O) groups is 1. The molecule has 1 amide bonds. The van der Waals surface area contributed by atoms with Gasteiger partial charge in [0.05, 0.1) is 32.2 Å². The Morgan fingerprint density at radius 2 is 1.86 bits per heavy atom. The van der Waals surface area contributed by atoms with E-state index in [1.54, 1.807) is 14.2 Å². The molecule has 1 unspecified atom stereocenters. The molecular formula is C22H28N2O4. The van der Waals surface area contributed by atoms with Crippen molar-refractivity contribution in [3.8, 4) is 11.5 Å². The third-order valence-electron chi connectivity index (χ3n) is 6.12. The smallest absolute Gasteiger partial charge is 0.222 e. The summed E-state index contributed by atoms with van der Waals surface area (Å²) in [7, 11) is 3.28. The molecule has 0 bridgehead atoms. The molecule has 1 aromatic carbocycles. The van der Waals surface area contributed by atoms with Gasteiger partial charge in [0.1, 0.15) is 0 Å². The Bertz CT molecular complexity index is 825. The molecule has 0 saturated carbocycles. The number of ether oxygens (including phenoxy) is 3. The topological polar surface area (TPSA) is 61.7 Å². The van der Waals surface area contributed by atoms with Crippen LogP contribution < -0.4 is 14.8 Å². The van der Waals surface area contributed by atoms with Gasteiger partial charge < -0.3 is 24.1 Å². The van der Waals surface area contributed by atoms with Crippen LogP contribution in [0.15, 0.2) is 36.7 Å². The molecule has 1 fully saturated rings. The molecule has 6 nitrogen and oxygen atoms in total. The summed E-state index contributed by atoms with van der Waals surface area (Å²) in [6.45, 7) is 1.38. The quantitative estimate of drug-likeness (QED) is 0.831. The SMILES string of the molecule is COc1cc2c(cc1OC)C(NC(=O)CC1(n3cccc3)CCOCC1)CC2. The molecule has 1 N–H and O–H groups in total. The molecule has 28 heavy (non-hydrogen) atoms. The average Bonchev–Trinajstić information content (AvgIpc) is 3.38. The van der Waals surface area contributed by atoms with Gasteiger partial charge in [-0.05, 0) is 61.1 Å². The number of fused-ring (bicyclic) bond motifs is 1. The Labute approximate surface area is 165 Å². The second-order valence-corrected chi connectivity index (χ2v) is 7.67. The first kappa shape index (κ1) is 18.9. The number of nitrogens with zero attached hydrogens (tertiary/aromatic N) is 1. The molecule has 0 radical (unpaired) electrons. The fraction of sp³-hybridized carbons (Fsp3) is 0.500. The van der Waals surface area contributed by atoms with Crippen molar-refractivity contribution in [3.05, 3.63) is 47.8 Å². The Balaban J connectivity index is 1.51. The van der Waals surface area contributed by atoms with Crippen LogP contribution in [0.5, 0.6) is 11.5 Å². The van der Waals surface area contributed by atoms with Crippen molar-refractivity contribution in [2.75, 3.05) is 27.4 Å². The van der Waals surface area contributed by atoms with E-state index in [0.717, 1.165) is 37.0 Å². The molecule has 2 aromatic rings. The van der Waals surface area contributed by atoms with Gasteiger partial charge in [-0.15, -0.1) is 0 Å². The molecule has 2 aliphatic rings. The highest BCUT2D eigenvalue weighted by molar-refractivity contribution is 5.78.